The van der Waals surface area contributed by atoms with Crippen molar-refractivity contribution in [2.75, 3.05) is 5.73 Å². The summed E-state index contributed by atoms with van der Waals surface area (Å²) >= 11 is 0. The van der Waals surface area contributed by atoms with Crippen molar-refractivity contribution in [2.45, 2.75) is 39.7 Å². The van der Waals surface area contributed by atoms with Crippen molar-refractivity contribution in [3.63, 3.8) is 0 Å². The van der Waals surface area contributed by atoms with Crippen LogP contribution in [0.15, 0.2) is 6.07 Å². The van der Waals surface area contributed by atoms with Crippen molar-refractivity contribution in [3.05, 3.63) is 11.9 Å². The molecule has 0 spiro atoms. The summed E-state index contributed by atoms with van der Waals surface area (Å²) in [6, 6.07) is 1.66. The molecule has 0 aromatic carbocycles. The molecule has 0 fully saturated rings. The number of anilines is 1. The van der Waals surface area contributed by atoms with E-state index in [1.807, 2.05) is 13.8 Å². The lowest BCUT2D eigenvalue weighted by Gasteiger charge is -2.12. The molecule has 1 aromatic heterocycles. The van der Waals surface area contributed by atoms with Crippen LogP contribution in [0.25, 0.3) is 0 Å². The van der Waals surface area contributed by atoms with Gasteiger partial charge in [0.25, 0.3) is 0 Å². The van der Waals surface area contributed by atoms with E-state index in [2.05, 4.69) is 16.9 Å². The second kappa shape index (κ2) is 4.79. The molecule has 0 saturated heterocycles. The topological polar surface area (TPSA) is 61.0 Å². The molecule has 0 aliphatic heterocycles. The SMILES string of the molecule is CCc1nc(N)cc(OC(C)CC)n1. The summed E-state index contributed by atoms with van der Waals surface area (Å²) in [5.41, 5.74) is 5.62. The van der Waals surface area contributed by atoms with E-state index in [0.29, 0.717) is 11.7 Å². The van der Waals surface area contributed by atoms with Gasteiger partial charge in [-0.25, -0.2) is 4.98 Å². The molecular formula is C10H17N3O. The molecular weight excluding hydrogens is 178 g/mol. The van der Waals surface area contributed by atoms with Crippen LogP contribution < -0.4 is 10.5 Å². The Kier molecular flexibility index (Phi) is 3.68. The quantitative estimate of drug-likeness (QED) is 0.795. The van der Waals surface area contributed by atoms with Gasteiger partial charge in [0.1, 0.15) is 11.6 Å². The van der Waals surface area contributed by atoms with Crippen LogP contribution in [0.2, 0.25) is 0 Å². The molecule has 0 aliphatic carbocycles. The standard InChI is InChI=1S/C10H17N3O/c1-4-7(3)14-10-6-8(11)12-9(5-2)13-10/h6-7H,4-5H2,1-3H3,(H2,11,12,13). The number of nitrogens with zero attached hydrogens (tertiary/aromatic N) is 2. The van der Waals surface area contributed by atoms with E-state index in [1.165, 1.54) is 0 Å². The first-order valence-corrected chi connectivity index (χ1v) is 4.95. The summed E-state index contributed by atoms with van der Waals surface area (Å²) in [4.78, 5) is 8.30. The number of aromatic nitrogens is 2. The van der Waals surface area contributed by atoms with E-state index in [9.17, 15) is 0 Å². The number of nitrogen functional groups attached to an aromatic ring is 1. The van der Waals surface area contributed by atoms with E-state index >= 15 is 0 Å². The van der Waals surface area contributed by atoms with Gasteiger partial charge in [-0.2, -0.15) is 4.98 Å². The summed E-state index contributed by atoms with van der Waals surface area (Å²) in [6.07, 6.45) is 1.88. The van der Waals surface area contributed by atoms with Crippen LogP contribution in [0.4, 0.5) is 5.82 Å². The third-order valence-electron chi connectivity index (χ3n) is 1.98. The van der Waals surface area contributed by atoms with Crippen molar-refractivity contribution in [1.29, 1.82) is 0 Å². The zero-order chi connectivity index (χ0) is 10.6. The van der Waals surface area contributed by atoms with Crippen molar-refractivity contribution >= 4 is 5.82 Å². The van der Waals surface area contributed by atoms with Crippen LogP contribution in [0.1, 0.15) is 33.0 Å². The van der Waals surface area contributed by atoms with Gasteiger partial charge >= 0.3 is 0 Å². The minimum Gasteiger partial charge on any atom is -0.475 e. The molecule has 1 atom stereocenters. The molecule has 78 valence electrons. The minimum atomic E-state index is 0.161. The molecule has 1 unspecified atom stereocenters. The summed E-state index contributed by atoms with van der Waals surface area (Å²) < 4.78 is 5.56. The zero-order valence-electron chi connectivity index (χ0n) is 8.95. The van der Waals surface area contributed by atoms with Gasteiger partial charge in [-0.3, -0.25) is 0 Å². The average Bonchev–Trinajstić information content (AvgIpc) is 2.16. The summed E-state index contributed by atoms with van der Waals surface area (Å²) in [5, 5.41) is 0. The molecule has 1 heterocycles. The molecule has 14 heavy (non-hydrogen) atoms. The third-order valence-corrected chi connectivity index (χ3v) is 1.98. The van der Waals surface area contributed by atoms with E-state index in [1.54, 1.807) is 6.07 Å². The Bertz CT molecular complexity index is 301. The van der Waals surface area contributed by atoms with Crippen LogP contribution in [0.5, 0.6) is 5.88 Å². The Balaban J connectivity index is 2.81. The maximum absolute atomic E-state index is 5.62. The van der Waals surface area contributed by atoms with Crippen molar-refractivity contribution in [1.82, 2.24) is 9.97 Å². The van der Waals surface area contributed by atoms with E-state index in [-0.39, 0.29) is 6.10 Å². The molecule has 1 rings (SSSR count). The highest BCUT2D eigenvalue weighted by molar-refractivity contribution is 5.32. The summed E-state index contributed by atoms with van der Waals surface area (Å²) in [5.74, 6) is 1.77. The molecule has 0 amide bonds. The van der Waals surface area contributed by atoms with E-state index in [0.717, 1.165) is 18.7 Å². The molecule has 2 N–H and O–H groups in total. The highest BCUT2D eigenvalue weighted by atomic mass is 16.5. The Morgan fingerprint density at radius 1 is 1.43 bits per heavy atom. The van der Waals surface area contributed by atoms with Gasteiger partial charge in [-0.15, -0.1) is 0 Å². The van der Waals surface area contributed by atoms with Gasteiger partial charge in [0.05, 0.1) is 6.10 Å². The number of hydrogen-bond acceptors (Lipinski definition) is 4. The maximum atomic E-state index is 5.62. The van der Waals surface area contributed by atoms with Gasteiger partial charge in [0.15, 0.2) is 0 Å². The number of rotatable bonds is 4. The van der Waals surface area contributed by atoms with Crippen LogP contribution >= 0.6 is 0 Å². The van der Waals surface area contributed by atoms with Gasteiger partial charge < -0.3 is 10.5 Å². The first-order valence-electron chi connectivity index (χ1n) is 4.95. The fourth-order valence-electron chi connectivity index (χ4n) is 1.00. The lowest BCUT2D eigenvalue weighted by atomic mass is 10.3. The summed E-state index contributed by atoms with van der Waals surface area (Å²) in [7, 11) is 0. The van der Waals surface area contributed by atoms with E-state index < -0.39 is 0 Å². The largest absolute Gasteiger partial charge is 0.475 e. The van der Waals surface area contributed by atoms with Crippen LogP contribution in [-0.4, -0.2) is 16.1 Å². The Hall–Kier alpha value is -1.32. The van der Waals surface area contributed by atoms with Gasteiger partial charge in [-0.1, -0.05) is 13.8 Å². The second-order valence-corrected chi connectivity index (χ2v) is 3.24. The fraction of sp³-hybridized carbons (Fsp3) is 0.600. The van der Waals surface area contributed by atoms with Gasteiger partial charge in [-0.05, 0) is 13.3 Å². The molecule has 4 heteroatoms. The highest BCUT2D eigenvalue weighted by Gasteiger charge is 2.05. The second-order valence-electron chi connectivity index (χ2n) is 3.24. The van der Waals surface area contributed by atoms with Crippen molar-refractivity contribution in [3.8, 4) is 5.88 Å². The smallest absolute Gasteiger partial charge is 0.218 e. The fourth-order valence-corrected chi connectivity index (χ4v) is 1.00. The average molecular weight is 195 g/mol. The predicted molar refractivity (Wildman–Crippen MR) is 56.2 cm³/mol. The monoisotopic (exact) mass is 195 g/mol. The molecule has 0 radical (unpaired) electrons. The van der Waals surface area contributed by atoms with Crippen molar-refractivity contribution < 1.29 is 4.74 Å². The first kappa shape index (κ1) is 10.8. The normalized spacial score (nSPS) is 12.5. The van der Waals surface area contributed by atoms with Crippen LogP contribution in [0, 0.1) is 0 Å². The zero-order valence-corrected chi connectivity index (χ0v) is 8.95. The first-order chi connectivity index (χ1) is 6.65. The molecule has 4 nitrogen and oxygen atoms in total. The molecule has 0 bridgehead atoms. The van der Waals surface area contributed by atoms with E-state index in [4.69, 9.17) is 10.5 Å². The van der Waals surface area contributed by atoms with Crippen molar-refractivity contribution in [2.24, 2.45) is 0 Å². The third kappa shape index (κ3) is 2.87. The summed E-state index contributed by atoms with van der Waals surface area (Å²) in [6.45, 7) is 6.06. The minimum absolute atomic E-state index is 0.161. The predicted octanol–water partition coefficient (Wildman–Crippen LogP) is 1.80. The maximum Gasteiger partial charge on any atom is 0.218 e. The van der Waals surface area contributed by atoms with Crippen LogP contribution in [0.3, 0.4) is 0 Å². The molecule has 0 saturated carbocycles. The van der Waals surface area contributed by atoms with Gasteiger partial charge in [0, 0.05) is 12.5 Å². The lowest BCUT2D eigenvalue weighted by Crippen LogP contribution is -2.12. The Morgan fingerprint density at radius 3 is 2.71 bits per heavy atom. The number of nitrogens with two attached hydrogens (primary N) is 1. The molecule has 0 aliphatic rings. The Morgan fingerprint density at radius 2 is 2.14 bits per heavy atom. The lowest BCUT2D eigenvalue weighted by molar-refractivity contribution is 0.208. The number of aryl methyl sites for hydroxylation is 1. The number of hydrogen-bond donors (Lipinski definition) is 1. The number of ether oxygens (including phenoxy) is 1. The molecule has 1 aromatic rings. The Labute approximate surface area is 84.5 Å². The highest BCUT2D eigenvalue weighted by Crippen LogP contribution is 2.13. The van der Waals surface area contributed by atoms with Crippen LogP contribution in [-0.2, 0) is 6.42 Å². The van der Waals surface area contributed by atoms with Gasteiger partial charge in [0.2, 0.25) is 5.88 Å².